The lowest BCUT2D eigenvalue weighted by Crippen LogP contribution is -2.21. The van der Waals surface area contributed by atoms with Crippen LogP contribution in [0.1, 0.15) is 10.4 Å². The van der Waals surface area contributed by atoms with Crippen molar-refractivity contribution in [1.82, 2.24) is 20.3 Å². The van der Waals surface area contributed by atoms with Crippen molar-refractivity contribution in [3.63, 3.8) is 0 Å². The first-order valence-corrected chi connectivity index (χ1v) is 8.45. The molecule has 1 aliphatic rings. The summed E-state index contributed by atoms with van der Waals surface area (Å²) in [5.41, 5.74) is 10.3. The van der Waals surface area contributed by atoms with Gasteiger partial charge in [-0.25, -0.2) is 9.97 Å². The number of nitrogens with two attached hydrogens (primary N) is 1. The highest BCUT2D eigenvalue weighted by Gasteiger charge is 2.15. The van der Waals surface area contributed by atoms with Gasteiger partial charge in [-0.2, -0.15) is 0 Å². The van der Waals surface area contributed by atoms with Gasteiger partial charge in [0.15, 0.2) is 0 Å². The van der Waals surface area contributed by atoms with Gasteiger partial charge in [0, 0.05) is 45.4 Å². The summed E-state index contributed by atoms with van der Waals surface area (Å²) in [6, 6.07) is 6.40. The Hall–Kier alpha value is -2.44. The maximum Gasteiger partial charge on any atom is 0.138 e. The molecule has 0 aromatic carbocycles. The zero-order valence-electron chi connectivity index (χ0n) is 12.4. The number of rotatable bonds is 1. The van der Waals surface area contributed by atoms with Gasteiger partial charge in [0.1, 0.15) is 11.5 Å². The molecule has 4 aromatic rings. The Morgan fingerprint density at radius 2 is 2.04 bits per heavy atom. The highest BCUT2D eigenvalue weighted by molar-refractivity contribution is 7.15. The molecular weight excluding hydrogens is 306 g/mol. The van der Waals surface area contributed by atoms with Crippen LogP contribution in [-0.4, -0.2) is 21.5 Å². The number of nitrogen functional groups attached to an aromatic ring is 1. The minimum Gasteiger partial charge on any atom is -0.384 e. The number of fused-ring (bicyclic) bond motifs is 4. The summed E-state index contributed by atoms with van der Waals surface area (Å²) in [4.78, 5) is 14.8. The topological polar surface area (TPSA) is 79.6 Å². The summed E-state index contributed by atoms with van der Waals surface area (Å²) in [5, 5.41) is 5.59. The molecule has 1 aliphatic heterocycles. The molecule has 0 spiro atoms. The highest BCUT2D eigenvalue weighted by atomic mass is 32.1. The predicted molar refractivity (Wildman–Crippen MR) is 94.5 cm³/mol. The number of aromatic nitrogens is 3. The summed E-state index contributed by atoms with van der Waals surface area (Å²) >= 11 is 1.88. The van der Waals surface area contributed by atoms with Crippen molar-refractivity contribution in [3.05, 3.63) is 41.0 Å². The largest absolute Gasteiger partial charge is 0.384 e. The van der Waals surface area contributed by atoms with Gasteiger partial charge in [-0.05, 0) is 30.2 Å². The van der Waals surface area contributed by atoms with Crippen LogP contribution in [0.3, 0.4) is 0 Å². The Morgan fingerprint density at radius 1 is 1.09 bits per heavy atom. The van der Waals surface area contributed by atoms with Gasteiger partial charge >= 0.3 is 0 Å². The lowest BCUT2D eigenvalue weighted by atomic mass is 10.1. The Labute approximate surface area is 136 Å². The minimum absolute atomic E-state index is 0.529. The number of anilines is 1. The fourth-order valence-corrected chi connectivity index (χ4v) is 4.38. The molecule has 114 valence electrons. The van der Waals surface area contributed by atoms with E-state index in [4.69, 9.17) is 5.73 Å². The Kier molecular flexibility index (Phi) is 2.71. The first kappa shape index (κ1) is 13.0. The standard InChI is InChI=1S/C17H15N5S/c18-16-5-11-12-3-9(7-21-17(12)22-13(11)8-20-16)15-4-10-6-19-2-1-14(10)23-15/h3-5,7-8,19H,1-2,6H2,(H2,18,20)(H,21,22). The van der Waals surface area contributed by atoms with Crippen molar-refractivity contribution in [2.75, 3.05) is 12.3 Å². The summed E-state index contributed by atoms with van der Waals surface area (Å²) in [5.74, 6) is 0.529. The number of thiophene rings is 1. The quantitative estimate of drug-likeness (QED) is 0.503. The molecule has 5 nitrogen and oxygen atoms in total. The maximum atomic E-state index is 5.84. The van der Waals surface area contributed by atoms with Crippen molar-refractivity contribution >= 4 is 39.1 Å². The molecule has 0 aliphatic carbocycles. The van der Waals surface area contributed by atoms with E-state index in [9.17, 15) is 0 Å². The molecule has 0 saturated carbocycles. The average Bonchev–Trinajstić information content (AvgIpc) is 3.15. The second-order valence-electron chi connectivity index (χ2n) is 5.89. The number of H-pyrrole nitrogens is 1. The van der Waals surface area contributed by atoms with Crippen LogP contribution < -0.4 is 11.1 Å². The van der Waals surface area contributed by atoms with E-state index in [-0.39, 0.29) is 0 Å². The van der Waals surface area contributed by atoms with Gasteiger partial charge in [0.2, 0.25) is 0 Å². The SMILES string of the molecule is Nc1cc2c(cn1)[nH]c1ncc(-c3cc4c(s3)CCNC4)cc12. The zero-order chi connectivity index (χ0) is 15.4. The second kappa shape index (κ2) is 4.78. The van der Waals surface area contributed by atoms with E-state index in [0.29, 0.717) is 5.82 Å². The van der Waals surface area contributed by atoms with Crippen molar-refractivity contribution in [3.8, 4) is 10.4 Å². The molecule has 0 radical (unpaired) electrons. The molecule has 0 amide bonds. The molecule has 5 rings (SSSR count). The highest BCUT2D eigenvalue weighted by Crippen LogP contribution is 2.35. The van der Waals surface area contributed by atoms with Crippen molar-refractivity contribution < 1.29 is 0 Å². The lowest BCUT2D eigenvalue weighted by Gasteiger charge is -2.10. The van der Waals surface area contributed by atoms with E-state index in [1.807, 2.05) is 23.6 Å². The van der Waals surface area contributed by atoms with E-state index in [2.05, 4.69) is 32.4 Å². The summed E-state index contributed by atoms with van der Waals surface area (Å²) < 4.78 is 0. The Bertz CT molecular complexity index is 1020. The van der Waals surface area contributed by atoms with Gasteiger partial charge in [-0.1, -0.05) is 0 Å². The molecule has 23 heavy (non-hydrogen) atoms. The number of nitrogens with one attached hydrogen (secondary N) is 2. The Balaban J connectivity index is 1.71. The number of nitrogens with zero attached hydrogens (tertiary/aromatic N) is 2. The van der Waals surface area contributed by atoms with Gasteiger partial charge in [0.05, 0.1) is 11.7 Å². The van der Waals surface area contributed by atoms with Gasteiger partial charge in [-0.3, -0.25) is 0 Å². The monoisotopic (exact) mass is 321 g/mol. The second-order valence-corrected chi connectivity index (χ2v) is 7.02. The molecule has 0 unspecified atom stereocenters. The predicted octanol–water partition coefficient (Wildman–Crippen LogP) is 3.07. The molecule has 5 heterocycles. The van der Waals surface area contributed by atoms with Gasteiger partial charge < -0.3 is 16.0 Å². The molecule has 0 fully saturated rings. The third kappa shape index (κ3) is 2.03. The van der Waals surface area contributed by atoms with E-state index < -0.39 is 0 Å². The number of hydrogen-bond donors (Lipinski definition) is 3. The van der Waals surface area contributed by atoms with Crippen LogP contribution in [0.2, 0.25) is 0 Å². The van der Waals surface area contributed by atoms with Gasteiger partial charge in [-0.15, -0.1) is 11.3 Å². The summed E-state index contributed by atoms with van der Waals surface area (Å²) in [6.07, 6.45) is 4.83. The normalized spacial score (nSPS) is 14.4. The summed E-state index contributed by atoms with van der Waals surface area (Å²) in [6.45, 7) is 2.04. The van der Waals surface area contributed by atoms with Crippen LogP contribution in [0.15, 0.2) is 30.6 Å². The summed E-state index contributed by atoms with van der Waals surface area (Å²) in [7, 11) is 0. The third-order valence-electron chi connectivity index (χ3n) is 4.38. The average molecular weight is 321 g/mol. The van der Waals surface area contributed by atoms with Crippen molar-refractivity contribution in [2.24, 2.45) is 0 Å². The van der Waals surface area contributed by atoms with E-state index in [0.717, 1.165) is 47.0 Å². The fourth-order valence-electron chi connectivity index (χ4n) is 3.22. The van der Waals surface area contributed by atoms with Crippen LogP contribution in [-0.2, 0) is 13.0 Å². The van der Waals surface area contributed by atoms with Crippen molar-refractivity contribution in [1.29, 1.82) is 0 Å². The molecule has 6 heteroatoms. The maximum absolute atomic E-state index is 5.84. The van der Waals surface area contributed by atoms with Crippen LogP contribution in [0.4, 0.5) is 5.82 Å². The Morgan fingerprint density at radius 3 is 2.96 bits per heavy atom. The fraction of sp³-hybridized carbons (Fsp3) is 0.176. The van der Waals surface area contributed by atoms with Crippen LogP contribution in [0, 0.1) is 0 Å². The lowest BCUT2D eigenvalue weighted by molar-refractivity contribution is 0.653. The molecular formula is C17H15N5S. The van der Waals surface area contributed by atoms with E-state index in [1.165, 1.54) is 15.3 Å². The zero-order valence-corrected chi connectivity index (χ0v) is 13.2. The van der Waals surface area contributed by atoms with Crippen molar-refractivity contribution in [2.45, 2.75) is 13.0 Å². The molecule has 0 bridgehead atoms. The van der Waals surface area contributed by atoms with E-state index in [1.54, 1.807) is 6.20 Å². The third-order valence-corrected chi connectivity index (χ3v) is 5.67. The van der Waals surface area contributed by atoms with Crippen LogP contribution in [0.25, 0.3) is 32.4 Å². The first-order chi connectivity index (χ1) is 11.3. The molecule has 4 aromatic heterocycles. The minimum atomic E-state index is 0.529. The first-order valence-electron chi connectivity index (χ1n) is 7.63. The smallest absolute Gasteiger partial charge is 0.138 e. The van der Waals surface area contributed by atoms with Gasteiger partial charge in [0.25, 0.3) is 0 Å². The number of pyridine rings is 2. The molecule has 0 saturated heterocycles. The van der Waals surface area contributed by atoms with Crippen LogP contribution >= 0.6 is 11.3 Å². The number of hydrogen-bond acceptors (Lipinski definition) is 5. The van der Waals surface area contributed by atoms with Crippen LogP contribution in [0.5, 0.6) is 0 Å². The van der Waals surface area contributed by atoms with E-state index >= 15 is 0 Å². The number of aromatic amines is 1. The molecule has 0 atom stereocenters. The molecule has 4 N–H and O–H groups in total.